The third-order valence-electron chi connectivity index (χ3n) is 10.1. The van der Waals surface area contributed by atoms with Crippen LogP contribution in [0.2, 0.25) is 0 Å². The number of ether oxygens (including phenoxy) is 6. The van der Waals surface area contributed by atoms with Crippen molar-refractivity contribution >= 4 is 35.5 Å². The molecule has 0 aliphatic rings. The lowest BCUT2D eigenvalue weighted by Gasteiger charge is -2.19. The van der Waals surface area contributed by atoms with E-state index in [1.54, 1.807) is 12.1 Å². The summed E-state index contributed by atoms with van der Waals surface area (Å²) in [6, 6.07) is 24.6. The van der Waals surface area contributed by atoms with Crippen molar-refractivity contribution in [3.05, 3.63) is 155 Å². The highest BCUT2D eigenvalue weighted by Gasteiger charge is 2.36. The van der Waals surface area contributed by atoms with Crippen LogP contribution in [0.4, 0.5) is 55.3 Å². The molecule has 10 nitrogen and oxygen atoms in total. The first-order valence-electron chi connectivity index (χ1n) is 21.8. The maximum absolute atomic E-state index is 15.0. The number of nitrogen functional groups attached to an aromatic ring is 2. The summed E-state index contributed by atoms with van der Waals surface area (Å²) >= 11 is 0. The van der Waals surface area contributed by atoms with E-state index in [1.165, 1.54) is 91.0 Å². The van der Waals surface area contributed by atoms with Crippen molar-refractivity contribution in [2.75, 3.05) is 37.9 Å². The van der Waals surface area contributed by atoms with Crippen LogP contribution in [-0.4, -0.2) is 50.7 Å². The Balaban J connectivity index is 1.09. The van der Waals surface area contributed by atoms with Crippen molar-refractivity contribution in [2.24, 2.45) is 0 Å². The number of hydrogen-bond acceptors (Lipinski definition) is 10. The van der Waals surface area contributed by atoms with Gasteiger partial charge in [0, 0.05) is 36.4 Å². The van der Waals surface area contributed by atoms with Gasteiger partial charge in [-0.25, -0.2) is 9.59 Å². The molecular weight excluding hydrogens is 959 g/mol. The van der Waals surface area contributed by atoms with Gasteiger partial charge in [-0.15, -0.1) is 0 Å². The van der Waals surface area contributed by atoms with Gasteiger partial charge in [0.25, 0.3) is 0 Å². The molecule has 71 heavy (non-hydrogen) atoms. The lowest BCUT2D eigenvalue weighted by atomic mass is 9.98. The molecular formula is C51H48F10N2O8. The van der Waals surface area contributed by atoms with Crippen LogP contribution in [0, 0.1) is 0 Å². The van der Waals surface area contributed by atoms with E-state index in [0.29, 0.717) is 22.4 Å². The summed E-state index contributed by atoms with van der Waals surface area (Å²) < 4.78 is 165. The van der Waals surface area contributed by atoms with Gasteiger partial charge >= 0.3 is 36.5 Å². The first-order chi connectivity index (χ1) is 33.5. The van der Waals surface area contributed by atoms with E-state index in [-0.39, 0.29) is 80.8 Å². The smallest absolute Gasteiger partial charge is 0.426 e. The van der Waals surface area contributed by atoms with Crippen LogP contribution < -0.4 is 30.4 Å². The maximum atomic E-state index is 15.0. The number of unbranched alkanes of at least 4 members (excludes halogenated alkanes) is 2. The largest absolute Gasteiger partial charge is 0.494 e. The molecule has 380 valence electrons. The molecule has 20 heteroatoms. The van der Waals surface area contributed by atoms with Crippen LogP contribution in [-0.2, 0) is 31.3 Å². The zero-order chi connectivity index (χ0) is 51.7. The van der Waals surface area contributed by atoms with E-state index >= 15 is 17.6 Å². The monoisotopic (exact) mass is 1010 g/mol. The van der Waals surface area contributed by atoms with Crippen molar-refractivity contribution in [1.82, 2.24) is 0 Å². The third-order valence-corrected chi connectivity index (χ3v) is 10.1. The molecule has 0 heterocycles. The average Bonchev–Trinajstić information content (AvgIpc) is 3.30. The predicted octanol–water partition coefficient (Wildman–Crippen LogP) is 12.9. The molecule has 0 spiro atoms. The van der Waals surface area contributed by atoms with E-state index < -0.39 is 66.4 Å². The molecule has 5 rings (SSSR count). The number of alkyl halides is 10. The molecule has 0 saturated carbocycles. The summed E-state index contributed by atoms with van der Waals surface area (Å²) in [4.78, 5) is 25.5. The summed E-state index contributed by atoms with van der Waals surface area (Å²) in [7, 11) is 0. The second-order valence-corrected chi connectivity index (χ2v) is 15.8. The van der Waals surface area contributed by atoms with Gasteiger partial charge in [-0.2, -0.15) is 43.9 Å². The summed E-state index contributed by atoms with van der Waals surface area (Å²) in [5, 5.41) is 0. The lowest BCUT2D eigenvalue weighted by molar-refractivity contribution is -0.186. The van der Waals surface area contributed by atoms with Crippen LogP contribution in [0.15, 0.2) is 127 Å². The van der Waals surface area contributed by atoms with Gasteiger partial charge in [-0.1, -0.05) is 30.3 Å². The van der Waals surface area contributed by atoms with Crippen LogP contribution in [0.25, 0.3) is 12.2 Å². The molecule has 4 N–H and O–H groups in total. The molecule has 0 aliphatic heterocycles. The number of anilines is 2. The first-order valence-corrected chi connectivity index (χ1v) is 21.8. The number of carbonyl (C=O) groups excluding carboxylic acids is 2. The quantitative estimate of drug-likeness (QED) is 0.0191. The van der Waals surface area contributed by atoms with Crippen molar-refractivity contribution in [3.8, 4) is 23.0 Å². The second kappa shape index (κ2) is 25.0. The Morgan fingerprint density at radius 2 is 0.873 bits per heavy atom. The predicted molar refractivity (Wildman–Crippen MR) is 244 cm³/mol. The molecule has 0 radical (unpaired) electrons. The fourth-order valence-electron chi connectivity index (χ4n) is 6.42. The number of nitrogens with two attached hydrogens (primary N) is 2. The third kappa shape index (κ3) is 19.1. The Labute approximate surface area is 401 Å². The Bertz CT molecular complexity index is 2380. The molecule has 5 aromatic rings. The molecule has 0 saturated heterocycles. The van der Waals surface area contributed by atoms with Gasteiger partial charge < -0.3 is 39.9 Å². The average molecular weight is 1010 g/mol. The van der Waals surface area contributed by atoms with E-state index in [2.05, 4.69) is 0 Å². The highest BCUT2D eigenvalue weighted by atomic mass is 19.4. The minimum atomic E-state index is -4.25. The molecule has 0 atom stereocenters. The normalized spacial score (nSPS) is 12.3. The van der Waals surface area contributed by atoms with Crippen LogP contribution in [0.1, 0.15) is 72.3 Å². The molecule has 0 fully saturated rings. The zero-order valence-electron chi connectivity index (χ0n) is 37.6. The molecule has 0 amide bonds. The lowest BCUT2D eigenvalue weighted by Crippen LogP contribution is -2.21. The number of rotatable bonds is 25. The van der Waals surface area contributed by atoms with E-state index in [4.69, 9.17) is 39.9 Å². The molecule has 0 aliphatic carbocycles. The summed E-state index contributed by atoms with van der Waals surface area (Å²) in [5.74, 6) is -2.30. The maximum Gasteiger partial charge on any atom is 0.426 e. The topological polar surface area (TPSA) is 142 Å². The van der Waals surface area contributed by atoms with Crippen LogP contribution in [0.3, 0.4) is 0 Å². The van der Waals surface area contributed by atoms with Crippen molar-refractivity contribution in [2.45, 2.75) is 69.0 Å². The number of halogens is 10. The minimum absolute atomic E-state index is 0.0177. The first kappa shape index (κ1) is 54.6. The van der Waals surface area contributed by atoms with E-state index in [0.717, 1.165) is 36.4 Å². The van der Waals surface area contributed by atoms with Crippen molar-refractivity contribution in [3.63, 3.8) is 0 Å². The number of esters is 2. The Hall–Kier alpha value is -7.38. The second-order valence-electron chi connectivity index (χ2n) is 15.8. The fourth-order valence-corrected chi connectivity index (χ4v) is 6.42. The van der Waals surface area contributed by atoms with Crippen molar-refractivity contribution < 1.29 is 81.9 Å². The SMILES string of the molecule is Nc1ccc(C(COC(=O)/C=C/c2ccc(C(F)(F)Oc3ccc(OCCCCC(F)(F)F)cc3)cc2)COC(=O)/C=C/c2ccc(C(F)(F)Oc3ccc(OCCCCC(F)(F)F)cc3)cc2)c(N)c1. The molecule has 0 aromatic heterocycles. The van der Waals surface area contributed by atoms with Gasteiger partial charge in [0.15, 0.2) is 0 Å². The Morgan fingerprint density at radius 3 is 1.24 bits per heavy atom. The molecule has 0 unspecified atom stereocenters. The van der Waals surface area contributed by atoms with Gasteiger partial charge in [-0.05, 0) is 139 Å². The highest BCUT2D eigenvalue weighted by molar-refractivity contribution is 5.87. The van der Waals surface area contributed by atoms with Crippen LogP contribution >= 0.6 is 0 Å². The zero-order valence-corrected chi connectivity index (χ0v) is 37.6. The summed E-state index contributed by atoms with van der Waals surface area (Å²) in [6.45, 7) is -0.612. The van der Waals surface area contributed by atoms with Gasteiger partial charge in [0.2, 0.25) is 0 Å². The van der Waals surface area contributed by atoms with Gasteiger partial charge in [0.05, 0.1) is 30.3 Å². The molecule has 5 aromatic carbocycles. The Kier molecular flexibility index (Phi) is 19.2. The summed E-state index contributed by atoms with van der Waals surface area (Å²) in [5.41, 5.74) is 12.7. The number of hydrogen-bond donors (Lipinski definition) is 2. The van der Waals surface area contributed by atoms with Gasteiger partial charge in [0.1, 0.15) is 36.2 Å². The standard InChI is InChI=1S/C51H48F10N2O8/c52-48(53,54)27-1-3-29-66-40-16-20-42(21-17-40)70-50(58,59)37-11-5-34(6-12-37)9-25-46(64)68-32-36(44-24-15-39(62)31-45(44)63)33-69-47(65)26-10-35-7-13-38(14-8-35)51(60,61)71-43-22-18-41(19-23-43)67-30-4-2-28-49(55,56)57/h5-26,31,36H,1-4,27-30,32-33,62-63H2/b25-9+,26-10+. The van der Waals surface area contributed by atoms with Crippen molar-refractivity contribution in [1.29, 1.82) is 0 Å². The summed E-state index contributed by atoms with van der Waals surface area (Å²) in [6.07, 6.45) is -13.0. The van der Waals surface area contributed by atoms with E-state index in [1.807, 2.05) is 0 Å². The highest BCUT2D eigenvalue weighted by Crippen LogP contribution is 2.35. The van der Waals surface area contributed by atoms with Crippen LogP contribution in [0.5, 0.6) is 23.0 Å². The minimum Gasteiger partial charge on any atom is -0.494 e. The number of benzene rings is 5. The number of carbonyl (C=O) groups is 2. The fraction of sp³-hybridized carbons (Fsp3) is 0.294. The van der Waals surface area contributed by atoms with Gasteiger partial charge in [-0.3, -0.25) is 0 Å². The Morgan fingerprint density at radius 1 is 0.493 bits per heavy atom. The molecule has 0 bridgehead atoms. The van der Waals surface area contributed by atoms with E-state index in [9.17, 15) is 35.9 Å².